The molecule has 1 aliphatic heterocycles. The van der Waals surface area contributed by atoms with E-state index in [-0.39, 0.29) is 0 Å². The van der Waals surface area contributed by atoms with Gasteiger partial charge in [-0.25, -0.2) is 9.97 Å². The van der Waals surface area contributed by atoms with E-state index in [9.17, 15) is 0 Å². The summed E-state index contributed by atoms with van der Waals surface area (Å²) in [5, 5.41) is 0. The van der Waals surface area contributed by atoms with Gasteiger partial charge in [-0.1, -0.05) is 0 Å². The van der Waals surface area contributed by atoms with Crippen molar-refractivity contribution in [2.75, 3.05) is 31.1 Å². The summed E-state index contributed by atoms with van der Waals surface area (Å²) in [6.07, 6.45) is 1.82. The van der Waals surface area contributed by atoms with Crippen LogP contribution in [0.25, 0.3) is 11.2 Å². The van der Waals surface area contributed by atoms with Crippen molar-refractivity contribution >= 4 is 34.5 Å². The lowest BCUT2D eigenvalue weighted by atomic mass is 10.4. The number of nitrogens with zero attached hydrogens (tertiary/aromatic N) is 4. The van der Waals surface area contributed by atoms with Gasteiger partial charge in [0.2, 0.25) is 0 Å². The molecule has 0 radical (unpaired) electrons. The SMILES string of the molecule is ClCc1nc2cccnc2n1CCN1CCSCC1. The molecule has 0 amide bonds. The van der Waals surface area contributed by atoms with Crippen molar-refractivity contribution in [1.82, 2.24) is 19.4 Å². The van der Waals surface area contributed by atoms with Crippen molar-refractivity contribution in [2.24, 2.45) is 0 Å². The maximum atomic E-state index is 6.00. The number of rotatable bonds is 4. The Bertz CT molecular complexity index is 551. The third-order valence-corrected chi connectivity index (χ3v) is 4.63. The molecule has 3 rings (SSSR count). The molecule has 0 saturated carbocycles. The molecule has 0 unspecified atom stereocenters. The summed E-state index contributed by atoms with van der Waals surface area (Å²) in [5.41, 5.74) is 1.89. The molecule has 6 heteroatoms. The van der Waals surface area contributed by atoms with Crippen LogP contribution in [-0.4, -0.2) is 50.6 Å². The van der Waals surface area contributed by atoms with Crippen molar-refractivity contribution in [3.05, 3.63) is 24.2 Å². The molecule has 3 heterocycles. The van der Waals surface area contributed by atoms with E-state index in [1.54, 1.807) is 0 Å². The van der Waals surface area contributed by atoms with Gasteiger partial charge in [-0.3, -0.25) is 4.90 Å². The minimum Gasteiger partial charge on any atom is -0.310 e. The zero-order valence-electron chi connectivity index (χ0n) is 10.8. The highest BCUT2D eigenvalue weighted by atomic mass is 35.5. The molecular formula is C13H17ClN4S. The van der Waals surface area contributed by atoms with Crippen molar-refractivity contribution in [3.8, 4) is 0 Å². The van der Waals surface area contributed by atoms with Gasteiger partial charge in [-0.15, -0.1) is 11.6 Å². The van der Waals surface area contributed by atoms with Crippen LogP contribution in [0, 0.1) is 0 Å². The zero-order chi connectivity index (χ0) is 13.1. The molecule has 102 valence electrons. The smallest absolute Gasteiger partial charge is 0.160 e. The first-order valence-electron chi connectivity index (χ1n) is 6.54. The van der Waals surface area contributed by atoms with Crippen molar-refractivity contribution < 1.29 is 0 Å². The summed E-state index contributed by atoms with van der Waals surface area (Å²) in [5.74, 6) is 3.84. The molecule has 1 aliphatic rings. The van der Waals surface area contributed by atoms with Crippen LogP contribution in [0.4, 0.5) is 0 Å². The van der Waals surface area contributed by atoms with E-state index in [2.05, 4.69) is 19.4 Å². The Morgan fingerprint density at radius 3 is 2.89 bits per heavy atom. The second-order valence-corrected chi connectivity index (χ2v) is 6.11. The highest BCUT2D eigenvalue weighted by molar-refractivity contribution is 7.99. The number of hydrogen-bond donors (Lipinski definition) is 0. The maximum absolute atomic E-state index is 6.00. The average Bonchev–Trinajstić information content (AvgIpc) is 2.84. The summed E-state index contributed by atoms with van der Waals surface area (Å²) < 4.78 is 2.16. The maximum Gasteiger partial charge on any atom is 0.160 e. The predicted molar refractivity (Wildman–Crippen MR) is 80.9 cm³/mol. The molecule has 0 spiro atoms. The normalized spacial score (nSPS) is 17.1. The summed E-state index contributed by atoms with van der Waals surface area (Å²) in [4.78, 5) is 11.5. The third kappa shape index (κ3) is 2.88. The van der Waals surface area contributed by atoms with Crippen LogP contribution < -0.4 is 0 Å². The van der Waals surface area contributed by atoms with Gasteiger partial charge in [-0.05, 0) is 12.1 Å². The number of pyridine rings is 1. The Labute approximate surface area is 122 Å². The molecule has 0 aliphatic carbocycles. The first-order valence-corrected chi connectivity index (χ1v) is 8.23. The minimum atomic E-state index is 0.437. The summed E-state index contributed by atoms with van der Waals surface area (Å²) in [6.45, 7) is 4.33. The number of aromatic nitrogens is 3. The highest BCUT2D eigenvalue weighted by Crippen LogP contribution is 2.16. The number of halogens is 1. The Kier molecular flexibility index (Phi) is 4.25. The van der Waals surface area contributed by atoms with Crippen LogP contribution in [0.3, 0.4) is 0 Å². The molecular weight excluding hydrogens is 280 g/mol. The standard InChI is InChI=1S/C13H17ClN4S/c14-10-12-16-11-2-1-3-15-13(11)18(12)5-4-17-6-8-19-9-7-17/h1-3H,4-10H2. The number of fused-ring (bicyclic) bond motifs is 1. The minimum absolute atomic E-state index is 0.437. The van der Waals surface area contributed by atoms with E-state index in [1.165, 1.54) is 24.6 Å². The van der Waals surface area contributed by atoms with Crippen LogP contribution >= 0.6 is 23.4 Å². The number of thioether (sulfide) groups is 1. The molecule has 0 bridgehead atoms. The Morgan fingerprint density at radius 2 is 2.11 bits per heavy atom. The quantitative estimate of drug-likeness (QED) is 0.810. The van der Waals surface area contributed by atoms with E-state index in [0.717, 1.165) is 30.1 Å². The zero-order valence-corrected chi connectivity index (χ0v) is 12.3. The summed E-state index contributed by atoms with van der Waals surface area (Å²) in [7, 11) is 0. The number of hydrogen-bond acceptors (Lipinski definition) is 4. The topological polar surface area (TPSA) is 34.0 Å². The van der Waals surface area contributed by atoms with Crippen LogP contribution in [0.15, 0.2) is 18.3 Å². The van der Waals surface area contributed by atoms with Crippen LogP contribution in [-0.2, 0) is 12.4 Å². The highest BCUT2D eigenvalue weighted by Gasteiger charge is 2.14. The third-order valence-electron chi connectivity index (χ3n) is 3.45. The van der Waals surface area contributed by atoms with Gasteiger partial charge in [0.05, 0.1) is 5.88 Å². The van der Waals surface area contributed by atoms with Crippen LogP contribution in [0.2, 0.25) is 0 Å². The van der Waals surface area contributed by atoms with Gasteiger partial charge in [0.25, 0.3) is 0 Å². The molecule has 0 atom stereocenters. The monoisotopic (exact) mass is 296 g/mol. The summed E-state index contributed by atoms with van der Waals surface area (Å²) >= 11 is 8.03. The predicted octanol–water partition coefficient (Wildman–Crippen LogP) is 2.22. The molecule has 4 nitrogen and oxygen atoms in total. The lowest BCUT2D eigenvalue weighted by Gasteiger charge is -2.26. The fourth-order valence-corrected chi connectivity index (χ4v) is 3.59. The molecule has 19 heavy (non-hydrogen) atoms. The Morgan fingerprint density at radius 1 is 1.26 bits per heavy atom. The largest absolute Gasteiger partial charge is 0.310 e. The number of alkyl halides is 1. The first kappa shape index (κ1) is 13.2. The fraction of sp³-hybridized carbons (Fsp3) is 0.538. The second kappa shape index (κ2) is 6.11. The van der Waals surface area contributed by atoms with Gasteiger partial charge in [-0.2, -0.15) is 11.8 Å². The van der Waals surface area contributed by atoms with Gasteiger partial charge < -0.3 is 4.57 Å². The van der Waals surface area contributed by atoms with Crippen molar-refractivity contribution in [2.45, 2.75) is 12.4 Å². The van der Waals surface area contributed by atoms with Crippen molar-refractivity contribution in [3.63, 3.8) is 0 Å². The Balaban J connectivity index is 1.78. The second-order valence-electron chi connectivity index (χ2n) is 4.61. The first-order chi connectivity index (χ1) is 9.38. The van der Waals surface area contributed by atoms with Crippen molar-refractivity contribution in [1.29, 1.82) is 0 Å². The van der Waals surface area contributed by atoms with E-state index < -0.39 is 0 Å². The van der Waals surface area contributed by atoms with Gasteiger partial charge >= 0.3 is 0 Å². The lowest BCUT2D eigenvalue weighted by molar-refractivity contribution is 0.289. The molecule has 1 saturated heterocycles. The van der Waals surface area contributed by atoms with Crippen LogP contribution in [0.5, 0.6) is 0 Å². The summed E-state index contributed by atoms with van der Waals surface area (Å²) in [6, 6.07) is 3.91. The lowest BCUT2D eigenvalue weighted by Crippen LogP contribution is -2.35. The van der Waals surface area contributed by atoms with E-state index >= 15 is 0 Å². The fourth-order valence-electron chi connectivity index (χ4n) is 2.41. The van der Waals surface area contributed by atoms with Gasteiger partial charge in [0.15, 0.2) is 5.65 Å². The molecule has 2 aromatic rings. The Hall–Kier alpha value is -0.780. The van der Waals surface area contributed by atoms with E-state index in [0.29, 0.717) is 5.88 Å². The molecule has 0 N–H and O–H groups in total. The van der Waals surface area contributed by atoms with Crippen LogP contribution in [0.1, 0.15) is 5.82 Å². The molecule has 2 aromatic heterocycles. The van der Waals surface area contributed by atoms with E-state index in [4.69, 9.17) is 11.6 Å². The molecule has 1 fully saturated rings. The van der Waals surface area contributed by atoms with Gasteiger partial charge in [0.1, 0.15) is 11.3 Å². The average molecular weight is 297 g/mol. The molecule has 0 aromatic carbocycles. The number of imidazole rings is 1. The van der Waals surface area contributed by atoms with E-state index in [1.807, 2.05) is 30.1 Å². The van der Waals surface area contributed by atoms with Gasteiger partial charge in [0, 0.05) is 43.9 Å².